The molecule has 15 heavy (non-hydrogen) atoms. The number of halogens is 1. The fraction of sp³-hybridized carbons (Fsp3) is 0.0909. The zero-order chi connectivity index (χ0) is 10.8. The third-order valence-electron chi connectivity index (χ3n) is 2.13. The number of hydrogen-bond donors (Lipinski definition) is 1. The van der Waals surface area contributed by atoms with Crippen LogP contribution in [0.15, 0.2) is 30.5 Å². The second kappa shape index (κ2) is 3.65. The van der Waals surface area contributed by atoms with Gasteiger partial charge in [-0.15, -0.1) is 0 Å². The Labute approximate surface area is 86.8 Å². The summed E-state index contributed by atoms with van der Waals surface area (Å²) in [6, 6.07) is 6.56. The van der Waals surface area contributed by atoms with E-state index in [1.165, 1.54) is 6.07 Å². The molecule has 4 heteroatoms. The van der Waals surface area contributed by atoms with Gasteiger partial charge >= 0.3 is 0 Å². The van der Waals surface area contributed by atoms with Gasteiger partial charge in [-0.2, -0.15) is 0 Å². The van der Waals surface area contributed by atoms with E-state index in [2.05, 4.69) is 9.97 Å². The summed E-state index contributed by atoms with van der Waals surface area (Å²) in [4.78, 5) is 7.86. The normalized spacial score (nSPS) is 10.3. The Hall–Kier alpha value is -1.97. The summed E-state index contributed by atoms with van der Waals surface area (Å²) < 4.78 is 13.0. The quantitative estimate of drug-likeness (QED) is 0.772. The molecule has 2 rings (SSSR count). The van der Waals surface area contributed by atoms with Crippen molar-refractivity contribution >= 4 is 5.95 Å². The van der Waals surface area contributed by atoms with Crippen molar-refractivity contribution in [3.05, 3.63) is 41.8 Å². The second-order valence-corrected chi connectivity index (χ2v) is 3.26. The number of aromatic nitrogens is 2. The highest BCUT2D eigenvalue weighted by atomic mass is 19.1. The van der Waals surface area contributed by atoms with Gasteiger partial charge < -0.3 is 5.73 Å². The van der Waals surface area contributed by atoms with Crippen LogP contribution in [0.4, 0.5) is 10.3 Å². The molecule has 0 unspecified atom stereocenters. The molecular weight excluding hydrogens is 193 g/mol. The van der Waals surface area contributed by atoms with Crippen LogP contribution in [0.1, 0.15) is 5.56 Å². The van der Waals surface area contributed by atoms with Crippen LogP contribution in [-0.4, -0.2) is 9.97 Å². The Kier molecular flexibility index (Phi) is 2.33. The van der Waals surface area contributed by atoms with E-state index >= 15 is 0 Å². The number of rotatable bonds is 1. The largest absolute Gasteiger partial charge is 0.368 e. The maximum absolute atomic E-state index is 13.0. The molecule has 0 aliphatic heterocycles. The van der Waals surface area contributed by atoms with Crippen LogP contribution in [0.5, 0.6) is 0 Å². The molecule has 1 aromatic heterocycles. The third kappa shape index (κ3) is 1.93. The van der Waals surface area contributed by atoms with Gasteiger partial charge in [0.25, 0.3) is 0 Å². The fourth-order valence-electron chi connectivity index (χ4n) is 1.34. The first-order chi connectivity index (χ1) is 7.16. The zero-order valence-electron chi connectivity index (χ0n) is 8.24. The van der Waals surface area contributed by atoms with Crippen molar-refractivity contribution in [2.45, 2.75) is 6.92 Å². The monoisotopic (exact) mass is 203 g/mol. The molecular formula is C11H10FN3. The van der Waals surface area contributed by atoms with Crippen molar-refractivity contribution in [1.82, 2.24) is 9.97 Å². The predicted molar refractivity (Wildman–Crippen MR) is 56.6 cm³/mol. The second-order valence-electron chi connectivity index (χ2n) is 3.26. The number of nitrogens with zero attached hydrogens (tertiary/aromatic N) is 2. The fourth-order valence-corrected chi connectivity index (χ4v) is 1.34. The number of nitrogens with two attached hydrogens (primary N) is 1. The molecule has 0 fully saturated rings. The van der Waals surface area contributed by atoms with Gasteiger partial charge in [-0.3, -0.25) is 0 Å². The SMILES string of the molecule is Cc1cc(-c2ccnc(N)n2)ccc1F. The van der Waals surface area contributed by atoms with E-state index in [-0.39, 0.29) is 11.8 Å². The van der Waals surface area contributed by atoms with Gasteiger partial charge in [0.1, 0.15) is 5.82 Å². The van der Waals surface area contributed by atoms with E-state index in [9.17, 15) is 4.39 Å². The molecule has 0 amide bonds. The Bertz CT molecular complexity index is 497. The van der Waals surface area contributed by atoms with Crippen molar-refractivity contribution in [2.75, 3.05) is 5.73 Å². The van der Waals surface area contributed by atoms with Gasteiger partial charge in [0, 0.05) is 11.8 Å². The highest BCUT2D eigenvalue weighted by Crippen LogP contribution is 2.19. The van der Waals surface area contributed by atoms with E-state index in [0.29, 0.717) is 11.3 Å². The summed E-state index contributed by atoms with van der Waals surface area (Å²) in [5.41, 5.74) is 7.59. The van der Waals surface area contributed by atoms with Crippen molar-refractivity contribution in [1.29, 1.82) is 0 Å². The van der Waals surface area contributed by atoms with Crippen LogP contribution in [0.3, 0.4) is 0 Å². The number of hydrogen-bond acceptors (Lipinski definition) is 3. The Morgan fingerprint density at radius 1 is 1.27 bits per heavy atom. The van der Waals surface area contributed by atoms with E-state index in [1.807, 2.05) is 0 Å². The molecule has 2 aromatic rings. The predicted octanol–water partition coefficient (Wildman–Crippen LogP) is 2.17. The van der Waals surface area contributed by atoms with Crippen LogP contribution in [0.2, 0.25) is 0 Å². The molecule has 1 aromatic carbocycles. The van der Waals surface area contributed by atoms with E-state index in [4.69, 9.17) is 5.73 Å². The first-order valence-electron chi connectivity index (χ1n) is 4.52. The summed E-state index contributed by atoms with van der Waals surface area (Å²) in [7, 11) is 0. The number of benzene rings is 1. The van der Waals surface area contributed by atoms with E-state index < -0.39 is 0 Å². The molecule has 0 radical (unpaired) electrons. The highest BCUT2D eigenvalue weighted by Gasteiger charge is 2.03. The van der Waals surface area contributed by atoms with Crippen LogP contribution in [0, 0.1) is 12.7 Å². The summed E-state index contributed by atoms with van der Waals surface area (Å²) in [5.74, 6) is -0.00439. The number of nitrogen functional groups attached to an aromatic ring is 1. The van der Waals surface area contributed by atoms with Gasteiger partial charge in [0.05, 0.1) is 5.69 Å². The molecule has 76 valence electrons. The lowest BCUT2D eigenvalue weighted by Crippen LogP contribution is -1.95. The van der Waals surface area contributed by atoms with Gasteiger partial charge in [0.15, 0.2) is 0 Å². The zero-order valence-corrected chi connectivity index (χ0v) is 8.24. The summed E-state index contributed by atoms with van der Waals surface area (Å²) in [5, 5.41) is 0. The summed E-state index contributed by atoms with van der Waals surface area (Å²) in [6.45, 7) is 1.71. The molecule has 2 N–H and O–H groups in total. The molecule has 0 saturated carbocycles. The molecule has 0 spiro atoms. The molecule has 1 heterocycles. The Morgan fingerprint density at radius 2 is 2.07 bits per heavy atom. The maximum Gasteiger partial charge on any atom is 0.220 e. The van der Waals surface area contributed by atoms with Crippen LogP contribution in [0.25, 0.3) is 11.3 Å². The third-order valence-corrected chi connectivity index (χ3v) is 2.13. The average Bonchev–Trinajstić information content (AvgIpc) is 2.22. The Balaban J connectivity index is 2.50. The van der Waals surface area contributed by atoms with Gasteiger partial charge in [0.2, 0.25) is 5.95 Å². The van der Waals surface area contributed by atoms with Crippen LogP contribution in [-0.2, 0) is 0 Å². The standard InChI is InChI=1S/C11H10FN3/c1-7-6-8(2-3-9(7)12)10-4-5-14-11(13)15-10/h2-6H,1H3,(H2,13,14,15). The molecule has 3 nitrogen and oxygen atoms in total. The van der Waals surface area contributed by atoms with E-state index in [0.717, 1.165) is 5.56 Å². The lowest BCUT2D eigenvalue weighted by molar-refractivity contribution is 0.619. The molecule has 0 atom stereocenters. The summed E-state index contributed by atoms with van der Waals surface area (Å²) in [6.07, 6.45) is 1.58. The average molecular weight is 203 g/mol. The van der Waals surface area contributed by atoms with Crippen molar-refractivity contribution < 1.29 is 4.39 Å². The first kappa shape index (κ1) is 9.58. The molecule has 0 aliphatic carbocycles. The van der Waals surface area contributed by atoms with Gasteiger partial charge in [-0.1, -0.05) is 0 Å². The van der Waals surface area contributed by atoms with Crippen LogP contribution < -0.4 is 5.73 Å². The topological polar surface area (TPSA) is 51.8 Å². The molecule has 0 bridgehead atoms. The van der Waals surface area contributed by atoms with Gasteiger partial charge in [-0.05, 0) is 36.8 Å². The molecule has 0 saturated heterocycles. The highest BCUT2D eigenvalue weighted by molar-refractivity contribution is 5.60. The van der Waals surface area contributed by atoms with Crippen molar-refractivity contribution in [3.8, 4) is 11.3 Å². The molecule has 0 aliphatic rings. The smallest absolute Gasteiger partial charge is 0.220 e. The minimum absolute atomic E-state index is 0.217. The Morgan fingerprint density at radius 3 is 2.73 bits per heavy atom. The van der Waals surface area contributed by atoms with Crippen LogP contribution >= 0.6 is 0 Å². The summed E-state index contributed by atoms with van der Waals surface area (Å²) >= 11 is 0. The maximum atomic E-state index is 13.0. The van der Waals surface area contributed by atoms with Crippen molar-refractivity contribution in [2.24, 2.45) is 0 Å². The minimum Gasteiger partial charge on any atom is -0.368 e. The minimum atomic E-state index is -0.222. The van der Waals surface area contributed by atoms with Gasteiger partial charge in [-0.25, -0.2) is 14.4 Å². The lowest BCUT2D eigenvalue weighted by Gasteiger charge is -2.03. The number of anilines is 1. The lowest BCUT2D eigenvalue weighted by atomic mass is 10.1. The first-order valence-corrected chi connectivity index (χ1v) is 4.52. The number of aryl methyl sites for hydroxylation is 1. The van der Waals surface area contributed by atoms with E-state index in [1.54, 1.807) is 31.3 Å². The van der Waals surface area contributed by atoms with Crippen molar-refractivity contribution in [3.63, 3.8) is 0 Å².